The van der Waals surface area contributed by atoms with Crippen molar-refractivity contribution in [2.24, 2.45) is 0 Å². The topological polar surface area (TPSA) is 66.9 Å². The van der Waals surface area contributed by atoms with E-state index in [9.17, 15) is 13.2 Å². The number of sulfonamides is 1. The van der Waals surface area contributed by atoms with Crippen molar-refractivity contribution in [1.29, 1.82) is 0 Å². The van der Waals surface area contributed by atoms with E-state index in [0.29, 0.717) is 25.9 Å². The molecule has 0 N–H and O–H groups in total. The summed E-state index contributed by atoms with van der Waals surface area (Å²) in [6, 6.07) is 10.6. The first kappa shape index (κ1) is 20.7. The summed E-state index contributed by atoms with van der Waals surface area (Å²) in [5.74, 6) is 0. The lowest BCUT2D eigenvalue weighted by Gasteiger charge is -2.39. The number of cyclic esters (lactones) is 1. The van der Waals surface area contributed by atoms with E-state index in [1.807, 2.05) is 25.1 Å². The summed E-state index contributed by atoms with van der Waals surface area (Å²) >= 11 is 9.60. The second-order valence-electron chi connectivity index (χ2n) is 7.27. The fourth-order valence-corrected chi connectivity index (χ4v) is 6.28. The van der Waals surface area contributed by atoms with Crippen LogP contribution in [-0.4, -0.2) is 37.9 Å². The van der Waals surface area contributed by atoms with Crippen molar-refractivity contribution < 1.29 is 17.9 Å². The Bertz CT molecular complexity index is 1070. The molecule has 2 heterocycles. The fraction of sp³-hybridized carbons (Fsp3) is 0.350. The molecule has 0 unspecified atom stereocenters. The van der Waals surface area contributed by atoms with Crippen molar-refractivity contribution in [2.45, 2.75) is 37.3 Å². The summed E-state index contributed by atoms with van der Waals surface area (Å²) < 4.78 is 33.9. The number of fused-ring (bicyclic) bond motifs is 1. The smallest absolute Gasteiger partial charge is 0.414 e. The van der Waals surface area contributed by atoms with E-state index in [1.165, 1.54) is 4.31 Å². The predicted octanol–water partition coefficient (Wildman–Crippen LogP) is 4.72. The fourth-order valence-electron chi connectivity index (χ4n) is 3.85. The molecule has 0 spiro atoms. The van der Waals surface area contributed by atoms with Crippen molar-refractivity contribution in [3.63, 3.8) is 0 Å². The second kappa shape index (κ2) is 7.91. The number of ether oxygens (including phenoxy) is 1. The minimum atomic E-state index is -3.69. The van der Waals surface area contributed by atoms with E-state index in [0.717, 1.165) is 21.3 Å². The molecular formula is C20H20BrClN2O4S. The molecule has 1 amide bonds. The molecular weight excluding hydrogens is 480 g/mol. The summed E-state index contributed by atoms with van der Waals surface area (Å²) in [5.41, 5.74) is 2.59. The summed E-state index contributed by atoms with van der Waals surface area (Å²) in [6.07, 6.45) is 0.656. The highest BCUT2D eigenvalue weighted by atomic mass is 79.9. The lowest BCUT2D eigenvalue weighted by atomic mass is 10.0. The van der Waals surface area contributed by atoms with Gasteiger partial charge in [0, 0.05) is 29.2 Å². The molecule has 9 heteroatoms. The highest BCUT2D eigenvalue weighted by molar-refractivity contribution is 9.10. The number of amides is 1. The van der Waals surface area contributed by atoms with E-state index in [1.54, 1.807) is 23.1 Å². The van der Waals surface area contributed by atoms with Gasteiger partial charge in [0.1, 0.15) is 11.5 Å². The third-order valence-corrected chi connectivity index (χ3v) is 8.22. The molecule has 1 fully saturated rings. The van der Waals surface area contributed by atoms with Gasteiger partial charge in [-0.2, -0.15) is 4.31 Å². The maximum Gasteiger partial charge on any atom is 0.414 e. The largest absolute Gasteiger partial charge is 0.444 e. The van der Waals surface area contributed by atoms with Crippen LogP contribution in [-0.2, 0) is 21.4 Å². The van der Waals surface area contributed by atoms with Crippen LogP contribution in [0.15, 0.2) is 45.8 Å². The molecule has 0 aliphatic carbocycles. The molecule has 4 rings (SSSR count). The molecule has 0 bridgehead atoms. The molecule has 2 aliphatic rings. The molecule has 0 aromatic heterocycles. The van der Waals surface area contributed by atoms with Crippen LogP contribution in [0.4, 0.5) is 10.5 Å². The summed E-state index contributed by atoms with van der Waals surface area (Å²) in [5, 5.41) is 0.219. The Morgan fingerprint density at radius 1 is 1.14 bits per heavy atom. The van der Waals surface area contributed by atoms with Crippen LogP contribution < -0.4 is 4.90 Å². The highest BCUT2D eigenvalue weighted by Gasteiger charge is 2.37. The zero-order valence-corrected chi connectivity index (χ0v) is 18.9. The first-order valence-corrected chi connectivity index (χ1v) is 11.9. The molecule has 1 saturated heterocycles. The molecule has 0 radical (unpaired) electrons. The molecule has 154 valence electrons. The van der Waals surface area contributed by atoms with Gasteiger partial charge in [-0.25, -0.2) is 13.2 Å². The van der Waals surface area contributed by atoms with Gasteiger partial charge in [0.05, 0.1) is 10.7 Å². The van der Waals surface area contributed by atoms with Gasteiger partial charge < -0.3 is 4.74 Å². The lowest BCUT2D eigenvalue weighted by molar-refractivity contribution is 0.135. The SMILES string of the molecule is Cc1ccc(Cl)c(S(=O)(=O)N2CCC(N3C(=O)OCc4cc(Br)ccc43)CC2)c1. The zero-order valence-electron chi connectivity index (χ0n) is 15.8. The van der Waals surface area contributed by atoms with Crippen LogP contribution >= 0.6 is 27.5 Å². The Hall–Kier alpha value is -1.61. The third kappa shape index (κ3) is 3.91. The average molecular weight is 500 g/mol. The predicted molar refractivity (Wildman–Crippen MR) is 115 cm³/mol. The monoisotopic (exact) mass is 498 g/mol. The van der Waals surface area contributed by atoms with Crippen LogP contribution in [0.1, 0.15) is 24.0 Å². The van der Waals surface area contributed by atoms with Crippen LogP contribution in [0.2, 0.25) is 5.02 Å². The van der Waals surface area contributed by atoms with Gasteiger partial charge in [-0.3, -0.25) is 4.90 Å². The van der Waals surface area contributed by atoms with Crippen molar-refractivity contribution in [2.75, 3.05) is 18.0 Å². The number of anilines is 1. The van der Waals surface area contributed by atoms with E-state index in [-0.39, 0.29) is 28.7 Å². The van der Waals surface area contributed by atoms with Crippen LogP contribution in [0.5, 0.6) is 0 Å². The summed E-state index contributed by atoms with van der Waals surface area (Å²) in [4.78, 5) is 14.3. The molecule has 6 nitrogen and oxygen atoms in total. The number of carbonyl (C=O) groups excluding carboxylic acids is 1. The summed E-state index contributed by atoms with van der Waals surface area (Å²) in [7, 11) is -3.69. The second-order valence-corrected chi connectivity index (χ2v) is 10.5. The Morgan fingerprint density at radius 2 is 1.86 bits per heavy atom. The number of nitrogens with zero attached hydrogens (tertiary/aromatic N) is 2. The Labute approximate surface area is 183 Å². The Morgan fingerprint density at radius 3 is 2.59 bits per heavy atom. The average Bonchev–Trinajstić information content (AvgIpc) is 2.70. The van der Waals surface area contributed by atoms with Crippen molar-refractivity contribution in [3.05, 3.63) is 57.0 Å². The first-order chi connectivity index (χ1) is 13.8. The molecule has 0 saturated carbocycles. The number of piperidine rings is 1. The molecule has 29 heavy (non-hydrogen) atoms. The summed E-state index contributed by atoms with van der Waals surface area (Å²) in [6.45, 7) is 2.70. The normalized spacial score (nSPS) is 18.4. The number of rotatable bonds is 3. The molecule has 2 aromatic rings. The maximum absolute atomic E-state index is 13.1. The number of hydrogen-bond donors (Lipinski definition) is 0. The van der Waals surface area contributed by atoms with Gasteiger partial charge in [-0.05, 0) is 55.7 Å². The van der Waals surface area contributed by atoms with Crippen molar-refractivity contribution in [3.8, 4) is 0 Å². The van der Waals surface area contributed by atoms with Crippen molar-refractivity contribution >= 4 is 49.3 Å². The first-order valence-electron chi connectivity index (χ1n) is 9.28. The van der Waals surface area contributed by atoms with E-state index in [4.69, 9.17) is 16.3 Å². The Kier molecular flexibility index (Phi) is 5.63. The van der Waals surface area contributed by atoms with Gasteiger partial charge >= 0.3 is 6.09 Å². The minimum Gasteiger partial charge on any atom is -0.444 e. The van der Waals surface area contributed by atoms with Gasteiger partial charge in [-0.15, -0.1) is 0 Å². The van der Waals surface area contributed by atoms with E-state index in [2.05, 4.69) is 15.9 Å². The zero-order chi connectivity index (χ0) is 20.8. The van der Waals surface area contributed by atoms with E-state index >= 15 is 0 Å². The van der Waals surface area contributed by atoms with Crippen LogP contribution in [0.3, 0.4) is 0 Å². The number of halogens is 2. The number of benzene rings is 2. The molecule has 2 aromatic carbocycles. The number of carbonyl (C=O) groups is 1. The maximum atomic E-state index is 13.1. The van der Waals surface area contributed by atoms with E-state index < -0.39 is 10.0 Å². The Balaban J connectivity index is 1.54. The quantitative estimate of drug-likeness (QED) is 0.613. The number of aryl methyl sites for hydroxylation is 1. The standard InChI is InChI=1S/C20H20BrClN2O4S/c1-13-2-4-17(22)19(10-13)29(26,27)23-8-6-16(7-9-23)24-18-5-3-15(21)11-14(18)12-28-20(24)25/h2-5,10-11,16H,6-9,12H2,1H3. The van der Waals surface area contributed by atoms with Gasteiger partial charge in [-0.1, -0.05) is 33.6 Å². The van der Waals surface area contributed by atoms with Crippen LogP contribution in [0, 0.1) is 6.92 Å². The third-order valence-electron chi connectivity index (χ3n) is 5.34. The molecule has 2 aliphatic heterocycles. The van der Waals surface area contributed by atoms with Gasteiger partial charge in [0.2, 0.25) is 10.0 Å². The van der Waals surface area contributed by atoms with Gasteiger partial charge in [0.25, 0.3) is 0 Å². The molecule has 0 atom stereocenters. The van der Waals surface area contributed by atoms with Crippen LogP contribution in [0.25, 0.3) is 0 Å². The number of hydrogen-bond acceptors (Lipinski definition) is 4. The lowest BCUT2D eigenvalue weighted by Crippen LogP contribution is -2.50. The minimum absolute atomic E-state index is 0.123. The van der Waals surface area contributed by atoms with Gasteiger partial charge in [0.15, 0.2) is 0 Å². The highest BCUT2D eigenvalue weighted by Crippen LogP contribution is 2.35. The van der Waals surface area contributed by atoms with Crippen molar-refractivity contribution in [1.82, 2.24) is 4.31 Å².